The summed E-state index contributed by atoms with van der Waals surface area (Å²) in [7, 11) is 0. The van der Waals surface area contributed by atoms with Crippen molar-refractivity contribution in [3.63, 3.8) is 0 Å². The van der Waals surface area contributed by atoms with Crippen LogP contribution in [0.3, 0.4) is 0 Å². The number of benzene rings is 1. The second-order valence-electron chi connectivity index (χ2n) is 3.58. The van der Waals surface area contributed by atoms with Crippen molar-refractivity contribution >= 4 is 5.69 Å². The van der Waals surface area contributed by atoms with Crippen LogP contribution in [-0.2, 0) is 0 Å². The molecule has 1 aromatic heterocycles. The summed E-state index contributed by atoms with van der Waals surface area (Å²) in [6, 6.07) is 10.0. The van der Waals surface area contributed by atoms with Crippen LogP contribution in [0.15, 0.2) is 42.7 Å². The summed E-state index contributed by atoms with van der Waals surface area (Å²) < 4.78 is 0. The third-order valence-corrected chi connectivity index (χ3v) is 2.29. The highest BCUT2D eigenvalue weighted by Gasteiger charge is 1.98. The first kappa shape index (κ1) is 10.6. The molecule has 0 spiro atoms. The van der Waals surface area contributed by atoms with Crippen LogP contribution in [0, 0.1) is 0 Å². The Morgan fingerprint density at radius 3 is 2.38 bits per heavy atom. The van der Waals surface area contributed by atoms with Crippen LogP contribution in [0.2, 0.25) is 0 Å². The fourth-order valence-electron chi connectivity index (χ4n) is 1.45. The molecule has 0 aliphatic carbocycles. The standard InChI is InChI=1S/C13H15N3/c1-2-8-14-12-6-4-11(5-7-12)13-15-9-3-10-16-13/h3-7,9-10,14H,2,8H2,1H3. The summed E-state index contributed by atoms with van der Waals surface area (Å²) in [5, 5.41) is 3.33. The Bertz CT molecular complexity index is 423. The molecule has 1 heterocycles. The van der Waals surface area contributed by atoms with Crippen LogP contribution < -0.4 is 5.32 Å². The lowest BCUT2D eigenvalue weighted by molar-refractivity contribution is 0.980. The van der Waals surface area contributed by atoms with E-state index in [1.54, 1.807) is 12.4 Å². The molecule has 0 aliphatic heterocycles. The van der Waals surface area contributed by atoms with Crippen LogP contribution >= 0.6 is 0 Å². The van der Waals surface area contributed by atoms with Gasteiger partial charge in [-0.3, -0.25) is 0 Å². The number of nitrogens with zero attached hydrogens (tertiary/aromatic N) is 2. The zero-order valence-corrected chi connectivity index (χ0v) is 9.35. The molecule has 3 nitrogen and oxygen atoms in total. The van der Waals surface area contributed by atoms with Crippen molar-refractivity contribution in [3.8, 4) is 11.4 Å². The van der Waals surface area contributed by atoms with Gasteiger partial charge in [0, 0.05) is 30.2 Å². The second kappa shape index (κ2) is 5.26. The Morgan fingerprint density at radius 1 is 1.06 bits per heavy atom. The van der Waals surface area contributed by atoms with E-state index in [9.17, 15) is 0 Å². The molecule has 2 aromatic rings. The molecular weight excluding hydrogens is 198 g/mol. The maximum atomic E-state index is 4.21. The molecule has 0 amide bonds. The normalized spacial score (nSPS) is 10.1. The summed E-state index contributed by atoms with van der Waals surface area (Å²) in [6.45, 7) is 3.15. The van der Waals surface area contributed by atoms with E-state index >= 15 is 0 Å². The van der Waals surface area contributed by atoms with Gasteiger partial charge in [-0.2, -0.15) is 0 Å². The molecule has 0 bridgehead atoms. The number of aromatic nitrogens is 2. The molecule has 1 aromatic carbocycles. The number of anilines is 1. The van der Waals surface area contributed by atoms with E-state index in [1.165, 1.54) is 0 Å². The molecule has 1 N–H and O–H groups in total. The van der Waals surface area contributed by atoms with Gasteiger partial charge in [0.1, 0.15) is 0 Å². The topological polar surface area (TPSA) is 37.8 Å². The molecule has 3 heteroatoms. The zero-order valence-electron chi connectivity index (χ0n) is 9.35. The Balaban J connectivity index is 2.13. The average Bonchev–Trinajstić information content (AvgIpc) is 2.38. The van der Waals surface area contributed by atoms with E-state index in [0.29, 0.717) is 0 Å². The lowest BCUT2D eigenvalue weighted by Gasteiger charge is -2.05. The predicted molar refractivity (Wildman–Crippen MR) is 66.2 cm³/mol. The van der Waals surface area contributed by atoms with Gasteiger partial charge in [-0.15, -0.1) is 0 Å². The van der Waals surface area contributed by atoms with Gasteiger partial charge in [-0.05, 0) is 36.8 Å². The van der Waals surface area contributed by atoms with Crippen LogP contribution in [-0.4, -0.2) is 16.5 Å². The quantitative estimate of drug-likeness (QED) is 0.848. The van der Waals surface area contributed by atoms with Gasteiger partial charge >= 0.3 is 0 Å². The summed E-state index contributed by atoms with van der Waals surface area (Å²) in [5.74, 6) is 0.768. The van der Waals surface area contributed by atoms with E-state index < -0.39 is 0 Å². The smallest absolute Gasteiger partial charge is 0.159 e. The van der Waals surface area contributed by atoms with Crippen LogP contribution in [0.4, 0.5) is 5.69 Å². The highest BCUT2D eigenvalue weighted by molar-refractivity contribution is 5.59. The first-order valence-electron chi connectivity index (χ1n) is 5.51. The van der Waals surface area contributed by atoms with Gasteiger partial charge in [0.2, 0.25) is 0 Å². The van der Waals surface area contributed by atoms with Crippen molar-refractivity contribution in [1.29, 1.82) is 0 Å². The third-order valence-electron chi connectivity index (χ3n) is 2.29. The van der Waals surface area contributed by atoms with Crippen LogP contribution in [0.5, 0.6) is 0 Å². The van der Waals surface area contributed by atoms with Crippen LogP contribution in [0.1, 0.15) is 13.3 Å². The van der Waals surface area contributed by atoms with Crippen molar-refractivity contribution in [3.05, 3.63) is 42.7 Å². The second-order valence-corrected chi connectivity index (χ2v) is 3.58. The van der Waals surface area contributed by atoms with Crippen molar-refractivity contribution in [2.45, 2.75) is 13.3 Å². The number of hydrogen-bond donors (Lipinski definition) is 1. The van der Waals surface area contributed by atoms with Crippen molar-refractivity contribution < 1.29 is 0 Å². The zero-order chi connectivity index (χ0) is 11.2. The largest absolute Gasteiger partial charge is 0.385 e. The minimum absolute atomic E-state index is 0.768. The van der Waals surface area contributed by atoms with E-state index in [4.69, 9.17) is 0 Å². The van der Waals surface area contributed by atoms with E-state index in [0.717, 1.165) is 30.0 Å². The molecule has 0 radical (unpaired) electrons. The summed E-state index contributed by atoms with van der Waals surface area (Å²) in [5.41, 5.74) is 2.18. The number of rotatable bonds is 4. The Morgan fingerprint density at radius 2 is 1.75 bits per heavy atom. The van der Waals surface area contributed by atoms with Crippen molar-refractivity contribution in [2.24, 2.45) is 0 Å². The van der Waals surface area contributed by atoms with Gasteiger partial charge < -0.3 is 5.32 Å². The number of nitrogens with one attached hydrogen (secondary N) is 1. The third kappa shape index (κ3) is 2.57. The summed E-state index contributed by atoms with van der Waals surface area (Å²) in [6.07, 6.45) is 4.64. The Hall–Kier alpha value is -1.90. The Kier molecular flexibility index (Phi) is 3.49. The molecule has 82 valence electrons. The minimum atomic E-state index is 0.768. The summed E-state index contributed by atoms with van der Waals surface area (Å²) in [4.78, 5) is 8.42. The molecule has 0 fully saturated rings. The van der Waals surface area contributed by atoms with Gasteiger partial charge in [-0.1, -0.05) is 6.92 Å². The van der Waals surface area contributed by atoms with Gasteiger partial charge in [-0.25, -0.2) is 9.97 Å². The fraction of sp³-hybridized carbons (Fsp3) is 0.231. The molecule has 0 saturated carbocycles. The summed E-state index contributed by atoms with van der Waals surface area (Å²) >= 11 is 0. The molecule has 2 rings (SSSR count). The first-order chi connectivity index (χ1) is 7.90. The lowest BCUT2D eigenvalue weighted by Crippen LogP contribution is -1.99. The van der Waals surface area contributed by atoms with Gasteiger partial charge in [0.15, 0.2) is 5.82 Å². The lowest BCUT2D eigenvalue weighted by atomic mass is 10.2. The molecule has 0 unspecified atom stereocenters. The maximum absolute atomic E-state index is 4.21. The van der Waals surface area contributed by atoms with Gasteiger partial charge in [0.25, 0.3) is 0 Å². The first-order valence-corrected chi connectivity index (χ1v) is 5.51. The van der Waals surface area contributed by atoms with E-state index in [-0.39, 0.29) is 0 Å². The fourth-order valence-corrected chi connectivity index (χ4v) is 1.45. The Labute approximate surface area is 95.6 Å². The molecule has 0 aliphatic rings. The van der Waals surface area contributed by atoms with Crippen molar-refractivity contribution in [2.75, 3.05) is 11.9 Å². The molecule has 0 saturated heterocycles. The predicted octanol–water partition coefficient (Wildman–Crippen LogP) is 2.97. The number of hydrogen-bond acceptors (Lipinski definition) is 3. The van der Waals surface area contributed by atoms with Gasteiger partial charge in [0.05, 0.1) is 0 Å². The highest BCUT2D eigenvalue weighted by atomic mass is 14.9. The van der Waals surface area contributed by atoms with Crippen LogP contribution in [0.25, 0.3) is 11.4 Å². The monoisotopic (exact) mass is 213 g/mol. The highest BCUT2D eigenvalue weighted by Crippen LogP contribution is 2.16. The molecule has 16 heavy (non-hydrogen) atoms. The van der Waals surface area contributed by atoms with Crippen molar-refractivity contribution in [1.82, 2.24) is 9.97 Å². The molecular formula is C13H15N3. The minimum Gasteiger partial charge on any atom is -0.385 e. The molecule has 0 atom stereocenters. The van der Waals surface area contributed by atoms with E-state index in [1.807, 2.05) is 18.2 Å². The average molecular weight is 213 g/mol. The SMILES string of the molecule is CCCNc1ccc(-c2ncccn2)cc1. The van der Waals surface area contributed by atoms with E-state index in [2.05, 4.69) is 34.3 Å². The maximum Gasteiger partial charge on any atom is 0.159 e.